The number of aromatic amines is 1. The van der Waals surface area contributed by atoms with Gasteiger partial charge in [0.25, 0.3) is 5.56 Å². The predicted molar refractivity (Wildman–Crippen MR) is 82.7 cm³/mol. The van der Waals surface area contributed by atoms with E-state index in [1.165, 1.54) is 12.8 Å². The summed E-state index contributed by atoms with van der Waals surface area (Å²) in [6, 6.07) is 4.08. The van der Waals surface area contributed by atoms with E-state index in [9.17, 15) is 4.79 Å². The van der Waals surface area contributed by atoms with E-state index in [1.54, 1.807) is 12.4 Å². The fraction of sp³-hybridized carbons (Fsp3) is 0.375. The molecule has 6 heteroatoms. The standard InChI is InChI=1S/C16H17N5O/c1-10-13-15(21(20-10)12-6-2-3-7-12)18-14(19-16(13)22)11-5-4-8-17-9-11/h4-5,8-9,12,20H,2-3,6-7H2,1H3. The first kappa shape index (κ1) is 13.2. The Morgan fingerprint density at radius 3 is 2.82 bits per heavy atom. The minimum atomic E-state index is -0.227. The third-order valence-electron chi connectivity index (χ3n) is 4.36. The zero-order chi connectivity index (χ0) is 15.1. The maximum atomic E-state index is 12.4. The Morgan fingerprint density at radius 1 is 1.27 bits per heavy atom. The third kappa shape index (κ3) is 2.03. The Kier molecular flexibility index (Phi) is 3.03. The fourth-order valence-corrected chi connectivity index (χ4v) is 3.27. The van der Waals surface area contributed by atoms with Gasteiger partial charge in [0.1, 0.15) is 5.56 Å². The van der Waals surface area contributed by atoms with Gasteiger partial charge in [0, 0.05) is 23.7 Å². The van der Waals surface area contributed by atoms with Crippen LogP contribution in [0.25, 0.3) is 22.8 Å². The highest BCUT2D eigenvalue weighted by Crippen LogP contribution is 2.33. The van der Waals surface area contributed by atoms with Crippen molar-refractivity contribution >= 4 is 0 Å². The van der Waals surface area contributed by atoms with Crippen molar-refractivity contribution in [3.05, 3.63) is 40.6 Å². The number of pyridine rings is 1. The largest absolute Gasteiger partial charge is 0.300 e. The number of aryl methyl sites for hydroxylation is 1. The van der Waals surface area contributed by atoms with Crippen molar-refractivity contribution in [2.24, 2.45) is 0 Å². The molecule has 6 nitrogen and oxygen atoms in total. The van der Waals surface area contributed by atoms with E-state index in [-0.39, 0.29) is 5.56 Å². The molecule has 0 atom stereocenters. The van der Waals surface area contributed by atoms with Crippen molar-refractivity contribution in [3.8, 4) is 22.8 Å². The third-order valence-corrected chi connectivity index (χ3v) is 4.36. The summed E-state index contributed by atoms with van der Waals surface area (Å²) in [7, 11) is 0. The number of nitrogens with zero attached hydrogens (tertiary/aromatic N) is 4. The zero-order valence-corrected chi connectivity index (χ0v) is 12.4. The summed E-state index contributed by atoms with van der Waals surface area (Å²) < 4.78 is 2.06. The summed E-state index contributed by atoms with van der Waals surface area (Å²) in [6.45, 7) is 1.91. The molecule has 0 spiro atoms. The molecule has 1 saturated carbocycles. The molecule has 22 heavy (non-hydrogen) atoms. The van der Waals surface area contributed by atoms with Crippen LogP contribution in [0, 0.1) is 6.92 Å². The molecular weight excluding hydrogens is 278 g/mol. The number of hydrogen-bond acceptors (Lipinski definition) is 4. The van der Waals surface area contributed by atoms with E-state index in [0.29, 0.717) is 23.3 Å². The average Bonchev–Trinajstić information content (AvgIpc) is 3.16. The summed E-state index contributed by atoms with van der Waals surface area (Å²) in [5, 5.41) is 3.31. The van der Waals surface area contributed by atoms with Gasteiger partial charge in [0.15, 0.2) is 11.6 Å². The molecule has 3 aliphatic rings. The van der Waals surface area contributed by atoms with Crippen molar-refractivity contribution in [2.45, 2.75) is 38.6 Å². The molecule has 0 aromatic carbocycles. The first-order chi connectivity index (χ1) is 10.7. The van der Waals surface area contributed by atoms with Gasteiger partial charge in [0.05, 0.1) is 6.04 Å². The van der Waals surface area contributed by atoms with Gasteiger partial charge in [-0.15, -0.1) is 0 Å². The van der Waals surface area contributed by atoms with Gasteiger partial charge >= 0.3 is 0 Å². The molecule has 112 valence electrons. The first-order valence-corrected chi connectivity index (χ1v) is 7.63. The number of rotatable bonds is 2. The van der Waals surface area contributed by atoms with Crippen LogP contribution in [-0.2, 0) is 0 Å². The second kappa shape index (κ2) is 5.05. The first-order valence-electron chi connectivity index (χ1n) is 7.63. The van der Waals surface area contributed by atoms with Crippen molar-refractivity contribution < 1.29 is 0 Å². The summed E-state index contributed by atoms with van der Waals surface area (Å²) in [4.78, 5) is 25.3. The molecule has 1 aliphatic carbocycles. The van der Waals surface area contributed by atoms with E-state index < -0.39 is 0 Å². The van der Waals surface area contributed by atoms with Gasteiger partial charge in [-0.2, -0.15) is 4.98 Å². The van der Waals surface area contributed by atoms with Gasteiger partial charge in [-0.05, 0) is 31.9 Å². The predicted octanol–water partition coefficient (Wildman–Crippen LogP) is 2.56. The van der Waals surface area contributed by atoms with E-state index >= 15 is 0 Å². The SMILES string of the molecule is Cc1[nH]n(C2CCCC2)c2nc(-c3cccnc3)nc(=O)c1-2. The van der Waals surface area contributed by atoms with Crippen LogP contribution in [0.15, 0.2) is 29.3 Å². The molecule has 0 bridgehead atoms. The van der Waals surface area contributed by atoms with E-state index in [4.69, 9.17) is 0 Å². The minimum Gasteiger partial charge on any atom is -0.300 e. The summed E-state index contributed by atoms with van der Waals surface area (Å²) >= 11 is 0. The van der Waals surface area contributed by atoms with Crippen molar-refractivity contribution in [1.82, 2.24) is 24.7 Å². The van der Waals surface area contributed by atoms with Gasteiger partial charge in [-0.1, -0.05) is 12.8 Å². The molecule has 0 unspecified atom stereocenters. The van der Waals surface area contributed by atoms with Crippen molar-refractivity contribution in [2.75, 3.05) is 0 Å². The van der Waals surface area contributed by atoms with Crippen LogP contribution in [0.3, 0.4) is 0 Å². The molecule has 3 heterocycles. The average molecular weight is 295 g/mol. The molecule has 0 radical (unpaired) electrons. The van der Waals surface area contributed by atoms with E-state index in [1.807, 2.05) is 19.1 Å². The highest BCUT2D eigenvalue weighted by atomic mass is 16.1. The van der Waals surface area contributed by atoms with Crippen LogP contribution < -0.4 is 5.56 Å². The summed E-state index contributed by atoms with van der Waals surface area (Å²) in [6.07, 6.45) is 8.07. The quantitative estimate of drug-likeness (QED) is 0.788. The molecule has 0 amide bonds. The second-order valence-electron chi connectivity index (χ2n) is 5.84. The number of hydrogen-bond donors (Lipinski definition) is 1. The highest BCUT2D eigenvalue weighted by Gasteiger charge is 2.26. The Morgan fingerprint density at radius 2 is 2.09 bits per heavy atom. The van der Waals surface area contributed by atoms with Crippen LogP contribution in [0.1, 0.15) is 37.4 Å². The maximum Gasteiger partial charge on any atom is 0.284 e. The zero-order valence-electron chi connectivity index (χ0n) is 12.4. The molecule has 1 N–H and O–H groups in total. The van der Waals surface area contributed by atoms with Gasteiger partial charge < -0.3 is 5.10 Å². The second-order valence-corrected chi connectivity index (χ2v) is 5.84. The van der Waals surface area contributed by atoms with E-state index in [2.05, 4.69) is 24.7 Å². The van der Waals surface area contributed by atoms with Crippen LogP contribution in [0.4, 0.5) is 0 Å². The van der Waals surface area contributed by atoms with Crippen LogP contribution in [0.2, 0.25) is 0 Å². The topological polar surface area (TPSA) is 76.5 Å². The molecule has 1 aromatic heterocycles. The number of H-pyrrole nitrogens is 1. The Labute approximate surface area is 127 Å². The number of nitrogens with one attached hydrogen (secondary N) is 1. The number of fused-ring (bicyclic) bond motifs is 1. The van der Waals surface area contributed by atoms with Crippen molar-refractivity contribution in [1.29, 1.82) is 0 Å². The van der Waals surface area contributed by atoms with Gasteiger partial charge in [-0.25, -0.2) is 4.98 Å². The minimum absolute atomic E-state index is 0.227. The van der Waals surface area contributed by atoms with Crippen molar-refractivity contribution in [3.63, 3.8) is 0 Å². The summed E-state index contributed by atoms with van der Waals surface area (Å²) in [5.74, 6) is 1.15. The van der Waals surface area contributed by atoms with Crippen LogP contribution >= 0.6 is 0 Å². The number of aromatic nitrogens is 5. The lowest BCUT2D eigenvalue weighted by Crippen LogP contribution is -2.16. The molecule has 4 rings (SSSR count). The van der Waals surface area contributed by atoms with Gasteiger partial charge in [-0.3, -0.25) is 14.5 Å². The lowest BCUT2D eigenvalue weighted by atomic mass is 10.2. The van der Waals surface area contributed by atoms with Crippen LogP contribution in [0.5, 0.6) is 0 Å². The van der Waals surface area contributed by atoms with Crippen LogP contribution in [-0.4, -0.2) is 24.7 Å². The van der Waals surface area contributed by atoms with Gasteiger partial charge in [0.2, 0.25) is 0 Å². The molecular formula is C16H17N5O. The maximum absolute atomic E-state index is 12.4. The Hall–Kier alpha value is -2.50. The fourth-order valence-electron chi connectivity index (χ4n) is 3.27. The lowest BCUT2D eigenvalue weighted by Gasteiger charge is -2.13. The van der Waals surface area contributed by atoms with E-state index in [0.717, 1.165) is 24.1 Å². The molecule has 0 saturated heterocycles. The molecule has 1 fully saturated rings. The normalized spacial score (nSPS) is 15.7. The monoisotopic (exact) mass is 295 g/mol. The Bertz CT molecular complexity index is 830. The summed E-state index contributed by atoms with van der Waals surface area (Å²) in [5.41, 5.74) is 1.97. The lowest BCUT2D eigenvalue weighted by molar-refractivity contribution is 0.466. The molecule has 1 aromatic rings. The molecule has 2 aliphatic heterocycles. The highest BCUT2D eigenvalue weighted by molar-refractivity contribution is 5.64. The smallest absolute Gasteiger partial charge is 0.284 e. The Balaban J connectivity index is 1.93.